The highest BCUT2D eigenvalue weighted by Crippen LogP contribution is 2.36. The van der Waals surface area contributed by atoms with Crippen molar-refractivity contribution < 1.29 is 18.0 Å². The number of alkyl halides is 2. The van der Waals surface area contributed by atoms with Crippen molar-refractivity contribution in [2.24, 2.45) is 0 Å². The molecule has 0 unspecified atom stereocenters. The molecule has 0 aromatic heterocycles. The zero-order chi connectivity index (χ0) is 13.2. The number of rotatable bonds is 3. The van der Waals surface area contributed by atoms with Gasteiger partial charge in [0.15, 0.2) is 0 Å². The molecular formula is C14H9F3O. The van der Waals surface area contributed by atoms with Gasteiger partial charge in [-0.2, -0.15) is 8.78 Å². The third-order valence-electron chi connectivity index (χ3n) is 2.60. The van der Waals surface area contributed by atoms with Crippen molar-refractivity contribution in [3.8, 4) is 0 Å². The fourth-order valence-electron chi connectivity index (χ4n) is 1.68. The van der Waals surface area contributed by atoms with E-state index in [1.54, 1.807) is 0 Å². The highest BCUT2D eigenvalue weighted by Gasteiger charge is 2.36. The maximum atomic E-state index is 14.1. The summed E-state index contributed by atoms with van der Waals surface area (Å²) in [5, 5.41) is 0. The SMILES string of the molecule is O=Cc1cccc(C(F)(F)c2ccccc2F)c1. The Morgan fingerprint density at radius 2 is 1.72 bits per heavy atom. The third-order valence-corrected chi connectivity index (χ3v) is 2.60. The van der Waals surface area contributed by atoms with Crippen molar-refractivity contribution >= 4 is 6.29 Å². The second kappa shape index (κ2) is 4.64. The highest BCUT2D eigenvalue weighted by atomic mass is 19.3. The summed E-state index contributed by atoms with van der Waals surface area (Å²) in [5.41, 5.74) is -0.978. The lowest BCUT2D eigenvalue weighted by Crippen LogP contribution is -2.17. The van der Waals surface area contributed by atoms with Crippen LogP contribution >= 0.6 is 0 Å². The Hall–Kier alpha value is -2.10. The lowest BCUT2D eigenvalue weighted by atomic mass is 9.98. The molecule has 18 heavy (non-hydrogen) atoms. The molecule has 1 nitrogen and oxygen atoms in total. The van der Waals surface area contributed by atoms with E-state index in [2.05, 4.69) is 0 Å². The van der Waals surface area contributed by atoms with Crippen LogP contribution in [0.15, 0.2) is 48.5 Å². The Morgan fingerprint density at radius 1 is 1.00 bits per heavy atom. The van der Waals surface area contributed by atoms with E-state index in [4.69, 9.17) is 0 Å². The second-order valence-corrected chi connectivity index (χ2v) is 3.80. The summed E-state index contributed by atoms with van der Waals surface area (Å²) in [6, 6.07) is 9.67. The molecule has 0 fully saturated rings. The molecule has 0 aliphatic rings. The van der Waals surface area contributed by atoms with E-state index < -0.39 is 22.9 Å². The zero-order valence-electron chi connectivity index (χ0n) is 9.24. The number of hydrogen-bond acceptors (Lipinski definition) is 1. The van der Waals surface area contributed by atoms with Gasteiger partial charge in [-0.05, 0) is 18.2 Å². The quantitative estimate of drug-likeness (QED) is 0.758. The van der Waals surface area contributed by atoms with Crippen molar-refractivity contribution in [1.82, 2.24) is 0 Å². The Bertz CT molecular complexity index is 579. The number of carbonyl (C=O) groups is 1. The summed E-state index contributed by atoms with van der Waals surface area (Å²) in [5.74, 6) is -4.44. The first kappa shape index (κ1) is 12.4. The van der Waals surface area contributed by atoms with Crippen LogP contribution in [0.5, 0.6) is 0 Å². The van der Waals surface area contributed by atoms with Gasteiger partial charge in [0.2, 0.25) is 0 Å². The highest BCUT2D eigenvalue weighted by molar-refractivity contribution is 5.75. The van der Waals surface area contributed by atoms with Gasteiger partial charge >= 0.3 is 5.92 Å². The lowest BCUT2D eigenvalue weighted by molar-refractivity contribution is 0.0389. The van der Waals surface area contributed by atoms with E-state index in [1.807, 2.05) is 0 Å². The van der Waals surface area contributed by atoms with Crippen LogP contribution in [-0.2, 0) is 5.92 Å². The van der Waals surface area contributed by atoms with Gasteiger partial charge in [-0.3, -0.25) is 4.79 Å². The van der Waals surface area contributed by atoms with E-state index in [0.717, 1.165) is 18.2 Å². The van der Waals surface area contributed by atoms with E-state index in [0.29, 0.717) is 6.29 Å². The van der Waals surface area contributed by atoms with E-state index in [1.165, 1.54) is 30.3 Å². The first-order valence-corrected chi connectivity index (χ1v) is 5.24. The second-order valence-electron chi connectivity index (χ2n) is 3.80. The van der Waals surface area contributed by atoms with Gasteiger partial charge in [-0.25, -0.2) is 4.39 Å². The molecule has 0 aliphatic carbocycles. The van der Waals surface area contributed by atoms with Crippen LogP contribution in [0.25, 0.3) is 0 Å². The van der Waals surface area contributed by atoms with Gasteiger partial charge in [-0.1, -0.05) is 30.3 Å². The fourth-order valence-corrected chi connectivity index (χ4v) is 1.68. The van der Waals surface area contributed by atoms with Crippen LogP contribution in [-0.4, -0.2) is 6.29 Å². The van der Waals surface area contributed by atoms with Gasteiger partial charge in [0.25, 0.3) is 0 Å². The minimum absolute atomic E-state index is 0.128. The summed E-state index contributed by atoms with van der Waals surface area (Å²) in [4.78, 5) is 10.6. The monoisotopic (exact) mass is 250 g/mol. The molecule has 0 atom stereocenters. The van der Waals surface area contributed by atoms with Gasteiger partial charge in [-0.15, -0.1) is 0 Å². The average Bonchev–Trinajstić information content (AvgIpc) is 2.39. The van der Waals surface area contributed by atoms with Crippen LogP contribution in [0.1, 0.15) is 21.5 Å². The summed E-state index contributed by atoms with van der Waals surface area (Å²) in [7, 11) is 0. The van der Waals surface area contributed by atoms with Crippen molar-refractivity contribution in [2.75, 3.05) is 0 Å². The Balaban J connectivity index is 2.53. The number of hydrogen-bond donors (Lipinski definition) is 0. The zero-order valence-corrected chi connectivity index (χ0v) is 9.24. The molecule has 0 radical (unpaired) electrons. The minimum Gasteiger partial charge on any atom is -0.298 e. The molecule has 0 saturated carbocycles. The molecule has 2 aromatic rings. The summed E-state index contributed by atoms with van der Waals surface area (Å²) < 4.78 is 41.6. The molecule has 92 valence electrons. The lowest BCUT2D eigenvalue weighted by Gasteiger charge is -2.18. The molecule has 0 saturated heterocycles. The fraction of sp³-hybridized carbons (Fsp3) is 0.0714. The van der Waals surface area contributed by atoms with Crippen LogP contribution in [0.3, 0.4) is 0 Å². The number of aldehydes is 1. The maximum absolute atomic E-state index is 14.1. The molecule has 0 N–H and O–H groups in total. The van der Waals surface area contributed by atoms with E-state index >= 15 is 0 Å². The van der Waals surface area contributed by atoms with Gasteiger partial charge in [0.05, 0.1) is 5.56 Å². The molecule has 0 amide bonds. The van der Waals surface area contributed by atoms with Gasteiger partial charge in [0, 0.05) is 11.1 Å². The first-order valence-electron chi connectivity index (χ1n) is 5.24. The van der Waals surface area contributed by atoms with Crippen LogP contribution in [0, 0.1) is 5.82 Å². The molecule has 4 heteroatoms. The van der Waals surface area contributed by atoms with Crippen molar-refractivity contribution in [2.45, 2.75) is 5.92 Å². The van der Waals surface area contributed by atoms with Gasteiger partial charge < -0.3 is 0 Å². The molecule has 0 bridgehead atoms. The predicted octanol–water partition coefficient (Wildman–Crippen LogP) is 3.78. The number of halogens is 3. The molecule has 0 heterocycles. The summed E-state index contributed by atoms with van der Waals surface area (Å²) >= 11 is 0. The van der Waals surface area contributed by atoms with E-state index in [-0.39, 0.29) is 5.56 Å². The van der Waals surface area contributed by atoms with Crippen molar-refractivity contribution in [3.63, 3.8) is 0 Å². The largest absolute Gasteiger partial charge is 0.301 e. The standard InChI is InChI=1S/C14H9F3O/c15-13-7-2-1-6-12(13)14(16,17)11-5-3-4-10(8-11)9-18/h1-9H. The predicted molar refractivity (Wildman–Crippen MR) is 61.2 cm³/mol. The third kappa shape index (κ3) is 2.14. The smallest absolute Gasteiger partial charge is 0.298 e. The average molecular weight is 250 g/mol. The van der Waals surface area contributed by atoms with E-state index in [9.17, 15) is 18.0 Å². The number of benzene rings is 2. The number of carbonyl (C=O) groups excluding carboxylic acids is 1. The van der Waals surface area contributed by atoms with Crippen LogP contribution < -0.4 is 0 Å². The maximum Gasteiger partial charge on any atom is 0.301 e. The van der Waals surface area contributed by atoms with Crippen molar-refractivity contribution in [3.05, 3.63) is 71.0 Å². The van der Waals surface area contributed by atoms with Gasteiger partial charge in [0.1, 0.15) is 12.1 Å². The Morgan fingerprint density at radius 3 is 2.39 bits per heavy atom. The Kier molecular flexibility index (Phi) is 3.19. The molecule has 0 aliphatic heterocycles. The minimum atomic E-state index is -3.47. The van der Waals surface area contributed by atoms with Crippen LogP contribution in [0.4, 0.5) is 13.2 Å². The van der Waals surface area contributed by atoms with Crippen molar-refractivity contribution in [1.29, 1.82) is 0 Å². The summed E-state index contributed by atoms with van der Waals surface area (Å²) in [6.45, 7) is 0. The molecule has 2 rings (SSSR count). The summed E-state index contributed by atoms with van der Waals surface area (Å²) in [6.07, 6.45) is 0.473. The topological polar surface area (TPSA) is 17.1 Å². The molecular weight excluding hydrogens is 241 g/mol. The van der Waals surface area contributed by atoms with Crippen LogP contribution in [0.2, 0.25) is 0 Å². The molecule has 2 aromatic carbocycles. The Labute approximate surface area is 102 Å². The molecule has 0 spiro atoms. The first-order chi connectivity index (χ1) is 8.55. The normalized spacial score (nSPS) is 11.3.